The van der Waals surface area contributed by atoms with Crippen LogP contribution in [0, 0.1) is 5.92 Å². The zero-order valence-electron chi connectivity index (χ0n) is 10.2. The molecule has 2 aliphatic rings. The Labute approximate surface area is 97.5 Å². The molecule has 0 amide bonds. The highest BCUT2D eigenvalue weighted by molar-refractivity contribution is 5.82. The van der Waals surface area contributed by atoms with Crippen molar-refractivity contribution < 1.29 is 14.3 Å². The molecule has 1 saturated heterocycles. The smallest absolute Gasteiger partial charge is 0.340 e. The maximum Gasteiger partial charge on any atom is 0.340 e. The molecule has 16 heavy (non-hydrogen) atoms. The van der Waals surface area contributed by atoms with Crippen molar-refractivity contribution in [1.29, 1.82) is 0 Å². The zero-order chi connectivity index (χ0) is 11.4. The maximum absolute atomic E-state index is 11.7. The van der Waals surface area contributed by atoms with Crippen molar-refractivity contribution in [2.45, 2.75) is 57.5 Å². The van der Waals surface area contributed by atoms with Crippen molar-refractivity contribution in [2.75, 3.05) is 13.2 Å². The normalized spacial score (nSPS) is 30.1. The zero-order valence-corrected chi connectivity index (χ0v) is 10.2. The van der Waals surface area contributed by atoms with Gasteiger partial charge in [0, 0.05) is 0 Å². The minimum atomic E-state index is -0.548. The van der Waals surface area contributed by atoms with Gasteiger partial charge < -0.3 is 9.47 Å². The number of hydrogen-bond donors (Lipinski definition) is 0. The fourth-order valence-electron chi connectivity index (χ4n) is 2.63. The summed E-state index contributed by atoms with van der Waals surface area (Å²) in [6.07, 6.45) is 8.75. The summed E-state index contributed by atoms with van der Waals surface area (Å²) >= 11 is 0. The number of rotatable bonds is 5. The van der Waals surface area contributed by atoms with Crippen LogP contribution in [0.15, 0.2) is 0 Å². The predicted octanol–water partition coefficient (Wildman–Crippen LogP) is 2.68. The topological polar surface area (TPSA) is 38.8 Å². The molecule has 1 unspecified atom stereocenters. The molecule has 2 rings (SSSR count). The summed E-state index contributed by atoms with van der Waals surface area (Å²) in [5, 5.41) is 0. The van der Waals surface area contributed by atoms with Gasteiger partial charge in [0.1, 0.15) is 0 Å². The minimum Gasteiger partial charge on any atom is -0.464 e. The van der Waals surface area contributed by atoms with E-state index in [1.165, 1.54) is 32.1 Å². The summed E-state index contributed by atoms with van der Waals surface area (Å²) in [7, 11) is 0. The third-order valence-corrected chi connectivity index (χ3v) is 3.82. The van der Waals surface area contributed by atoms with E-state index in [9.17, 15) is 4.79 Å². The lowest BCUT2D eigenvalue weighted by atomic mass is 9.84. The predicted molar refractivity (Wildman–Crippen MR) is 61.1 cm³/mol. The van der Waals surface area contributed by atoms with Gasteiger partial charge in [-0.05, 0) is 25.7 Å². The second-order valence-electron chi connectivity index (χ2n) is 5.05. The lowest BCUT2D eigenvalue weighted by Crippen LogP contribution is -2.28. The van der Waals surface area contributed by atoms with E-state index in [1.807, 2.05) is 6.92 Å². The standard InChI is InChI=1S/C13H22O3/c1-2-15-12(14)13(10-16-13)9-8-11-6-4-3-5-7-11/h11H,2-10H2,1H3. The fraction of sp³-hybridized carbons (Fsp3) is 0.923. The molecule has 0 aromatic heterocycles. The molecule has 1 atom stereocenters. The van der Waals surface area contributed by atoms with Gasteiger partial charge >= 0.3 is 5.97 Å². The number of carbonyl (C=O) groups excluding carboxylic acids is 1. The van der Waals surface area contributed by atoms with Gasteiger partial charge in [0.2, 0.25) is 0 Å². The Morgan fingerprint density at radius 2 is 2.06 bits per heavy atom. The number of hydrogen-bond acceptors (Lipinski definition) is 3. The van der Waals surface area contributed by atoms with E-state index in [0.717, 1.165) is 18.8 Å². The van der Waals surface area contributed by atoms with Gasteiger partial charge in [-0.2, -0.15) is 0 Å². The second-order valence-corrected chi connectivity index (χ2v) is 5.05. The Morgan fingerprint density at radius 3 is 2.62 bits per heavy atom. The number of esters is 1. The molecule has 0 aromatic carbocycles. The van der Waals surface area contributed by atoms with Gasteiger partial charge in [-0.3, -0.25) is 0 Å². The van der Waals surface area contributed by atoms with Crippen LogP contribution in [0.4, 0.5) is 0 Å². The summed E-state index contributed by atoms with van der Waals surface area (Å²) in [5.74, 6) is 0.662. The van der Waals surface area contributed by atoms with Crippen LogP contribution in [0.25, 0.3) is 0 Å². The van der Waals surface area contributed by atoms with Gasteiger partial charge in [0.25, 0.3) is 0 Å². The molecule has 0 bridgehead atoms. The van der Waals surface area contributed by atoms with Crippen molar-refractivity contribution in [3.05, 3.63) is 0 Å². The van der Waals surface area contributed by atoms with Crippen molar-refractivity contribution in [3.8, 4) is 0 Å². The molecule has 2 fully saturated rings. The first kappa shape index (κ1) is 11.9. The average molecular weight is 226 g/mol. The number of epoxide rings is 1. The highest BCUT2D eigenvalue weighted by Crippen LogP contribution is 2.37. The molecule has 0 radical (unpaired) electrons. The highest BCUT2D eigenvalue weighted by Gasteiger charge is 2.53. The molecule has 3 heteroatoms. The first-order valence-electron chi connectivity index (χ1n) is 6.58. The fourth-order valence-corrected chi connectivity index (χ4v) is 2.63. The van der Waals surface area contributed by atoms with Crippen molar-refractivity contribution >= 4 is 5.97 Å². The van der Waals surface area contributed by atoms with Crippen LogP contribution in [-0.2, 0) is 14.3 Å². The number of ether oxygens (including phenoxy) is 2. The molecule has 0 spiro atoms. The monoisotopic (exact) mass is 226 g/mol. The molecule has 1 aliphatic heterocycles. The Kier molecular flexibility index (Phi) is 3.85. The van der Waals surface area contributed by atoms with Gasteiger partial charge in [-0.25, -0.2) is 4.79 Å². The van der Waals surface area contributed by atoms with Crippen LogP contribution in [0.3, 0.4) is 0 Å². The van der Waals surface area contributed by atoms with Crippen LogP contribution in [0.5, 0.6) is 0 Å². The lowest BCUT2D eigenvalue weighted by Gasteiger charge is -2.22. The Hall–Kier alpha value is -0.570. The minimum absolute atomic E-state index is 0.147. The molecular weight excluding hydrogens is 204 g/mol. The van der Waals surface area contributed by atoms with Gasteiger partial charge in [0.15, 0.2) is 5.60 Å². The van der Waals surface area contributed by atoms with E-state index in [-0.39, 0.29) is 5.97 Å². The van der Waals surface area contributed by atoms with E-state index in [0.29, 0.717) is 13.2 Å². The lowest BCUT2D eigenvalue weighted by molar-refractivity contribution is -0.149. The van der Waals surface area contributed by atoms with E-state index >= 15 is 0 Å². The first-order chi connectivity index (χ1) is 7.77. The van der Waals surface area contributed by atoms with E-state index in [4.69, 9.17) is 9.47 Å². The van der Waals surface area contributed by atoms with Crippen LogP contribution in [0.2, 0.25) is 0 Å². The van der Waals surface area contributed by atoms with Crippen LogP contribution < -0.4 is 0 Å². The van der Waals surface area contributed by atoms with Crippen molar-refractivity contribution in [1.82, 2.24) is 0 Å². The summed E-state index contributed by atoms with van der Waals surface area (Å²) in [6.45, 7) is 2.86. The Balaban J connectivity index is 1.74. The van der Waals surface area contributed by atoms with Gasteiger partial charge in [-0.15, -0.1) is 0 Å². The van der Waals surface area contributed by atoms with Gasteiger partial charge in [-0.1, -0.05) is 32.1 Å². The quantitative estimate of drug-likeness (QED) is 0.534. The third kappa shape index (κ3) is 2.76. The summed E-state index contributed by atoms with van der Waals surface area (Å²) < 4.78 is 10.4. The maximum atomic E-state index is 11.7. The van der Waals surface area contributed by atoms with Crippen LogP contribution >= 0.6 is 0 Å². The van der Waals surface area contributed by atoms with Crippen molar-refractivity contribution in [2.24, 2.45) is 5.92 Å². The molecule has 1 aliphatic carbocycles. The Bertz CT molecular complexity index is 240. The molecular formula is C13H22O3. The number of carbonyl (C=O) groups is 1. The SMILES string of the molecule is CCOC(=O)C1(CCC2CCCCC2)CO1. The highest BCUT2D eigenvalue weighted by atomic mass is 16.6. The summed E-state index contributed by atoms with van der Waals surface area (Å²) in [4.78, 5) is 11.7. The van der Waals surface area contributed by atoms with E-state index in [2.05, 4.69) is 0 Å². The van der Waals surface area contributed by atoms with Crippen LogP contribution in [-0.4, -0.2) is 24.8 Å². The summed E-state index contributed by atoms with van der Waals surface area (Å²) in [6, 6.07) is 0. The average Bonchev–Trinajstić information content (AvgIpc) is 3.09. The molecule has 1 saturated carbocycles. The van der Waals surface area contributed by atoms with E-state index < -0.39 is 5.60 Å². The molecule has 0 aromatic rings. The molecule has 1 heterocycles. The molecule has 92 valence electrons. The van der Waals surface area contributed by atoms with Crippen LogP contribution in [0.1, 0.15) is 51.9 Å². The first-order valence-corrected chi connectivity index (χ1v) is 6.58. The molecule has 3 nitrogen and oxygen atoms in total. The largest absolute Gasteiger partial charge is 0.464 e. The second kappa shape index (κ2) is 5.17. The molecule has 0 N–H and O–H groups in total. The third-order valence-electron chi connectivity index (χ3n) is 3.82. The van der Waals surface area contributed by atoms with Crippen molar-refractivity contribution in [3.63, 3.8) is 0 Å². The van der Waals surface area contributed by atoms with E-state index in [1.54, 1.807) is 0 Å². The Morgan fingerprint density at radius 1 is 1.38 bits per heavy atom. The van der Waals surface area contributed by atoms with Gasteiger partial charge in [0.05, 0.1) is 13.2 Å². The summed E-state index contributed by atoms with van der Waals surface area (Å²) in [5.41, 5.74) is -0.548.